The molecular weight excluding hydrogens is 374 g/mol. The highest BCUT2D eigenvalue weighted by Gasteiger charge is 2.11. The molecule has 4 aromatic rings. The van der Waals surface area contributed by atoms with E-state index in [0.29, 0.717) is 16.5 Å². The minimum absolute atomic E-state index is 0.210. The number of nitrogens with zero attached hydrogens (tertiary/aromatic N) is 3. The molecule has 0 unspecified atom stereocenters. The van der Waals surface area contributed by atoms with Crippen LogP contribution in [0.4, 0.5) is 17.2 Å². The van der Waals surface area contributed by atoms with Crippen molar-refractivity contribution in [3.8, 4) is 0 Å². The zero-order valence-corrected chi connectivity index (χ0v) is 15.7. The van der Waals surface area contributed by atoms with Crippen molar-refractivity contribution in [2.24, 2.45) is 0 Å². The van der Waals surface area contributed by atoms with Gasteiger partial charge in [0, 0.05) is 22.3 Å². The number of benzene rings is 2. The summed E-state index contributed by atoms with van der Waals surface area (Å²) in [6.45, 7) is 1.96. The molecule has 4 rings (SSSR count). The van der Waals surface area contributed by atoms with Gasteiger partial charge in [-0.1, -0.05) is 35.9 Å². The summed E-state index contributed by atoms with van der Waals surface area (Å²) in [5, 5.41) is 15.7. The molecule has 28 heavy (non-hydrogen) atoms. The number of rotatable bonds is 4. The first-order valence-corrected chi connectivity index (χ1v) is 9.00. The number of hydrogen-bond donors (Lipinski definition) is 2. The van der Waals surface area contributed by atoms with E-state index in [1.54, 1.807) is 24.4 Å². The van der Waals surface area contributed by atoms with Crippen LogP contribution < -0.4 is 10.6 Å². The fourth-order valence-electron chi connectivity index (χ4n) is 2.78. The highest BCUT2D eigenvalue weighted by molar-refractivity contribution is 6.30. The van der Waals surface area contributed by atoms with Crippen LogP contribution in [0, 0.1) is 6.92 Å². The van der Waals surface area contributed by atoms with Crippen LogP contribution in [-0.4, -0.2) is 21.1 Å². The monoisotopic (exact) mass is 389 g/mol. The molecule has 0 atom stereocenters. The highest BCUT2D eigenvalue weighted by Crippen LogP contribution is 2.24. The van der Waals surface area contributed by atoms with Gasteiger partial charge in [0.1, 0.15) is 0 Å². The first-order valence-electron chi connectivity index (χ1n) is 8.62. The molecule has 0 aliphatic rings. The molecule has 0 bridgehead atoms. The van der Waals surface area contributed by atoms with E-state index in [0.717, 1.165) is 22.2 Å². The molecule has 0 saturated heterocycles. The number of aryl methyl sites for hydroxylation is 1. The molecular formula is C21H16ClN5O. The Morgan fingerprint density at radius 2 is 1.82 bits per heavy atom. The normalized spacial score (nSPS) is 10.6. The highest BCUT2D eigenvalue weighted by atomic mass is 35.5. The molecule has 1 amide bonds. The van der Waals surface area contributed by atoms with Crippen molar-refractivity contribution in [1.82, 2.24) is 15.2 Å². The zero-order chi connectivity index (χ0) is 19.5. The number of pyridine rings is 1. The van der Waals surface area contributed by atoms with Crippen molar-refractivity contribution < 1.29 is 4.79 Å². The van der Waals surface area contributed by atoms with Crippen LogP contribution in [-0.2, 0) is 0 Å². The van der Waals surface area contributed by atoms with Gasteiger partial charge >= 0.3 is 0 Å². The van der Waals surface area contributed by atoms with Crippen LogP contribution in [0.1, 0.15) is 16.1 Å². The number of aromatic nitrogens is 3. The van der Waals surface area contributed by atoms with Crippen molar-refractivity contribution in [2.45, 2.75) is 6.92 Å². The Morgan fingerprint density at radius 1 is 0.964 bits per heavy atom. The number of anilines is 3. The summed E-state index contributed by atoms with van der Waals surface area (Å²) < 4.78 is 0. The average Bonchev–Trinajstić information content (AvgIpc) is 2.71. The van der Waals surface area contributed by atoms with Crippen LogP contribution in [0.2, 0.25) is 5.02 Å². The number of halogens is 1. The molecule has 2 aromatic carbocycles. The van der Waals surface area contributed by atoms with E-state index in [9.17, 15) is 4.79 Å². The lowest BCUT2D eigenvalue weighted by Crippen LogP contribution is -2.15. The fraction of sp³-hybridized carbons (Fsp3) is 0.0476. The molecule has 7 heteroatoms. The molecule has 2 heterocycles. The van der Waals surface area contributed by atoms with E-state index >= 15 is 0 Å². The molecule has 2 N–H and O–H groups in total. The Labute approximate surface area is 166 Å². The van der Waals surface area contributed by atoms with Gasteiger partial charge in [0.05, 0.1) is 11.2 Å². The maximum Gasteiger partial charge on any atom is 0.276 e. The Balaban J connectivity index is 1.52. The van der Waals surface area contributed by atoms with Gasteiger partial charge in [0.15, 0.2) is 11.5 Å². The van der Waals surface area contributed by atoms with Crippen LogP contribution >= 0.6 is 11.6 Å². The van der Waals surface area contributed by atoms with E-state index in [1.165, 1.54) is 0 Å². The summed E-state index contributed by atoms with van der Waals surface area (Å²) in [6, 6.07) is 18.3. The second kappa shape index (κ2) is 7.62. The molecule has 0 spiro atoms. The Morgan fingerprint density at radius 3 is 2.64 bits per heavy atom. The van der Waals surface area contributed by atoms with Gasteiger partial charge in [0.2, 0.25) is 0 Å². The predicted octanol–water partition coefficient (Wildman–Crippen LogP) is 4.98. The largest absolute Gasteiger partial charge is 0.338 e. The number of amides is 1. The third-order valence-corrected chi connectivity index (χ3v) is 4.48. The van der Waals surface area contributed by atoms with Crippen LogP contribution in [0.5, 0.6) is 0 Å². The summed E-state index contributed by atoms with van der Waals surface area (Å²) in [5.41, 5.74) is 3.42. The Kier molecular flexibility index (Phi) is 4.87. The molecule has 0 fully saturated rings. The second-order valence-corrected chi connectivity index (χ2v) is 6.66. The lowest BCUT2D eigenvalue weighted by molar-refractivity contribution is 0.102. The first-order chi connectivity index (χ1) is 13.6. The number of carbonyl (C=O) groups is 1. The molecule has 6 nitrogen and oxygen atoms in total. The summed E-state index contributed by atoms with van der Waals surface area (Å²) in [5.74, 6) is 0.171. The molecule has 2 aromatic heterocycles. The lowest BCUT2D eigenvalue weighted by Gasteiger charge is -2.10. The molecule has 0 aliphatic heterocycles. The van der Waals surface area contributed by atoms with Crippen molar-refractivity contribution in [1.29, 1.82) is 0 Å². The number of para-hydroxylation sites is 1. The van der Waals surface area contributed by atoms with Gasteiger partial charge in [0.25, 0.3) is 5.91 Å². The minimum Gasteiger partial charge on any atom is -0.338 e. The number of hydrogen-bond acceptors (Lipinski definition) is 5. The maximum atomic E-state index is 12.5. The predicted molar refractivity (Wildman–Crippen MR) is 111 cm³/mol. The smallest absolute Gasteiger partial charge is 0.276 e. The quantitative estimate of drug-likeness (QED) is 0.514. The summed E-state index contributed by atoms with van der Waals surface area (Å²) >= 11 is 6.03. The number of fused-ring (bicyclic) bond motifs is 1. The number of carbonyl (C=O) groups excluding carboxylic acids is 1. The molecule has 0 saturated carbocycles. The van der Waals surface area contributed by atoms with Gasteiger partial charge in [-0.05, 0) is 48.9 Å². The van der Waals surface area contributed by atoms with Crippen LogP contribution in [0.25, 0.3) is 10.9 Å². The lowest BCUT2D eigenvalue weighted by atomic mass is 10.2. The van der Waals surface area contributed by atoms with Gasteiger partial charge in [-0.3, -0.25) is 9.78 Å². The topological polar surface area (TPSA) is 79.8 Å². The van der Waals surface area contributed by atoms with Crippen molar-refractivity contribution in [3.05, 3.63) is 83.1 Å². The van der Waals surface area contributed by atoms with Crippen LogP contribution in [0.3, 0.4) is 0 Å². The first kappa shape index (κ1) is 17.9. The number of nitrogens with one attached hydrogen (secondary N) is 2. The van der Waals surface area contributed by atoms with Gasteiger partial charge in [-0.15, -0.1) is 10.2 Å². The van der Waals surface area contributed by atoms with Gasteiger partial charge in [-0.2, -0.15) is 0 Å². The standard InChI is InChI=1S/C21H16ClN5O/c1-13-7-8-15(22)12-18(13)24-19-10-9-17(26-27-19)21(28)25-16-6-2-4-14-5-3-11-23-20(14)16/h2-12H,1H3,(H,24,27)(H,25,28). The van der Waals surface area contributed by atoms with E-state index in [-0.39, 0.29) is 11.6 Å². The third kappa shape index (κ3) is 3.77. The van der Waals surface area contributed by atoms with Crippen LogP contribution in [0.15, 0.2) is 66.9 Å². The average molecular weight is 390 g/mol. The van der Waals surface area contributed by atoms with Gasteiger partial charge in [-0.25, -0.2) is 0 Å². The molecule has 0 aliphatic carbocycles. The fourth-order valence-corrected chi connectivity index (χ4v) is 2.95. The van der Waals surface area contributed by atoms with E-state index in [4.69, 9.17) is 11.6 Å². The van der Waals surface area contributed by atoms with Gasteiger partial charge < -0.3 is 10.6 Å². The maximum absolute atomic E-state index is 12.5. The van der Waals surface area contributed by atoms with E-state index in [2.05, 4.69) is 25.8 Å². The van der Waals surface area contributed by atoms with Crippen molar-refractivity contribution in [3.63, 3.8) is 0 Å². The third-order valence-electron chi connectivity index (χ3n) is 4.24. The Hall–Kier alpha value is -3.51. The van der Waals surface area contributed by atoms with Crippen molar-refractivity contribution in [2.75, 3.05) is 10.6 Å². The molecule has 0 radical (unpaired) electrons. The minimum atomic E-state index is -0.351. The SMILES string of the molecule is Cc1ccc(Cl)cc1Nc1ccc(C(=O)Nc2cccc3cccnc23)nn1. The van der Waals surface area contributed by atoms with Crippen molar-refractivity contribution >= 4 is 45.6 Å². The van der Waals surface area contributed by atoms with E-state index < -0.39 is 0 Å². The Bertz CT molecular complexity index is 1160. The summed E-state index contributed by atoms with van der Waals surface area (Å²) in [4.78, 5) is 16.9. The van der Waals surface area contributed by atoms with E-state index in [1.807, 2.05) is 49.4 Å². The second-order valence-electron chi connectivity index (χ2n) is 6.22. The summed E-state index contributed by atoms with van der Waals surface area (Å²) in [7, 11) is 0. The molecule has 138 valence electrons. The summed E-state index contributed by atoms with van der Waals surface area (Å²) in [6.07, 6.45) is 1.69. The zero-order valence-electron chi connectivity index (χ0n) is 15.0.